The van der Waals surface area contributed by atoms with Gasteiger partial charge < -0.3 is 4.90 Å². The summed E-state index contributed by atoms with van der Waals surface area (Å²) in [6.45, 7) is 0.536. The summed E-state index contributed by atoms with van der Waals surface area (Å²) in [5, 5.41) is 0.557. The lowest BCUT2D eigenvalue weighted by atomic mass is 10.2. The largest absolute Gasteiger partial charge is 0.330 e. The second-order valence-electron chi connectivity index (χ2n) is 5.14. The molecule has 21 heavy (non-hydrogen) atoms. The Kier molecular flexibility index (Phi) is 4.27. The third-order valence-electron chi connectivity index (χ3n) is 3.42. The highest BCUT2D eigenvalue weighted by Crippen LogP contribution is 2.30. The average Bonchev–Trinajstić information content (AvgIpc) is 3.29. The molecule has 5 heteroatoms. The van der Waals surface area contributed by atoms with Crippen LogP contribution in [-0.4, -0.2) is 21.8 Å². The molecule has 0 aliphatic heterocycles. The summed E-state index contributed by atoms with van der Waals surface area (Å²) in [6.07, 6.45) is 3.86. The van der Waals surface area contributed by atoms with E-state index in [0.717, 1.165) is 23.0 Å². The first kappa shape index (κ1) is 14.5. The van der Waals surface area contributed by atoms with E-state index >= 15 is 0 Å². The Morgan fingerprint density at radius 2 is 2.14 bits per heavy atom. The molecule has 108 valence electrons. The third kappa shape index (κ3) is 3.63. The molecule has 1 aromatic heterocycles. The predicted octanol–water partition coefficient (Wildman–Crippen LogP) is 4.30. The van der Waals surface area contributed by atoms with E-state index in [-0.39, 0.29) is 5.91 Å². The number of halogens is 2. The van der Waals surface area contributed by atoms with Gasteiger partial charge in [0.15, 0.2) is 0 Å². The lowest BCUT2D eigenvalue weighted by Crippen LogP contribution is -2.32. The van der Waals surface area contributed by atoms with Crippen LogP contribution in [0.15, 0.2) is 47.1 Å². The van der Waals surface area contributed by atoms with Gasteiger partial charge in [-0.1, -0.05) is 33.6 Å². The van der Waals surface area contributed by atoms with Crippen molar-refractivity contribution in [2.75, 3.05) is 0 Å². The van der Waals surface area contributed by atoms with Crippen molar-refractivity contribution in [2.24, 2.45) is 0 Å². The molecule has 3 nitrogen and oxygen atoms in total. The van der Waals surface area contributed by atoms with Crippen molar-refractivity contribution in [1.29, 1.82) is 0 Å². The van der Waals surface area contributed by atoms with Gasteiger partial charge in [-0.05, 0) is 43.2 Å². The average molecular weight is 366 g/mol. The fraction of sp³-hybridized carbons (Fsp3) is 0.250. The summed E-state index contributed by atoms with van der Waals surface area (Å²) in [4.78, 5) is 19.0. The first-order valence-corrected chi connectivity index (χ1v) is 7.97. The topological polar surface area (TPSA) is 33.2 Å². The number of rotatable bonds is 4. The second kappa shape index (κ2) is 6.16. The zero-order valence-corrected chi connectivity index (χ0v) is 13.6. The van der Waals surface area contributed by atoms with Gasteiger partial charge in [0.1, 0.15) is 0 Å². The molecule has 2 aromatic rings. The normalized spacial score (nSPS) is 14.0. The van der Waals surface area contributed by atoms with E-state index in [1.165, 1.54) is 0 Å². The van der Waals surface area contributed by atoms with E-state index in [2.05, 4.69) is 20.9 Å². The van der Waals surface area contributed by atoms with E-state index in [4.69, 9.17) is 11.6 Å². The van der Waals surface area contributed by atoms with Gasteiger partial charge in [-0.3, -0.25) is 9.78 Å². The van der Waals surface area contributed by atoms with E-state index < -0.39 is 0 Å². The number of carbonyl (C=O) groups is 1. The highest BCUT2D eigenvalue weighted by Gasteiger charge is 2.33. The van der Waals surface area contributed by atoms with Crippen molar-refractivity contribution in [2.45, 2.75) is 25.4 Å². The third-order valence-corrected chi connectivity index (χ3v) is 4.09. The second-order valence-corrected chi connectivity index (χ2v) is 6.50. The molecule has 1 aliphatic rings. The monoisotopic (exact) mass is 364 g/mol. The number of aromatic nitrogens is 1. The van der Waals surface area contributed by atoms with Crippen LogP contribution in [0, 0.1) is 0 Å². The van der Waals surface area contributed by atoms with Crippen molar-refractivity contribution >= 4 is 33.4 Å². The molecule has 0 N–H and O–H groups in total. The van der Waals surface area contributed by atoms with Crippen LogP contribution in [0.4, 0.5) is 0 Å². The molecule has 0 atom stereocenters. The summed E-state index contributed by atoms with van der Waals surface area (Å²) >= 11 is 9.42. The van der Waals surface area contributed by atoms with Crippen molar-refractivity contribution < 1.29 is 4.79 Å². The zero-order chi connectivity index (χ0) is 14.8. The fourth-order valence-electron chi connectivity index (χ4n) is 2.26. The van der Waals surface area contributed by atoms with Crippen LogP contribution in [0.2, 0.25) is 5.02 Å². The van der Waals surface area contributed by atoms with E-state index in [0.29, 0.717) is 23.2 Å². The number of carbonyl (C=O) groups excluding carboxylic acids is 1. The minimum atomic E-state index is 0.00588. The maximum absolute atomic E-state index is 12.8. The van der Waals surface area contributed by atoms with Gasteiger partial charge >= 0.3 is 0 Å². The molecule has 0 radical (unpaired) electrons. The van der Waals surface area contributed by atoms with Crippen LogP contribution in [0.25, 0.3) is 0 Å². The van der Waals surface area contributed by atoms with Gasteiger partial charge in [0.25, 0.3) is 5.91 Å². The Bertz CT molecular complexity index is 638. The van der Waals surface area contributed by atoms with Crippen LogP contribution >= 0.6 is 27.5 Å². The van der Waals surface area contributed by atoms with Crippen molar-refractivity contribution in [1.82, 2.24) is 9.88 Å². The van der Waals surface area contributed by atoms with Crippen molar-refractivity contribution in [3.05, 3.63) is 63.3 Å². The molecular formula is C16H14BrClN2O. The first-order valence-electron chi connectivity index (χ1n) is 6.80. The quantitative estimate of drug-likeness (QED) is 0.809. The summed E-state index contributed by atoms with van der Waals surface area (Å²) in [7, 11) is 0. The SMILES string of the molecule is O=C(c1cc(Cl)cc(Br)c1)N(Cc1ccccn1)C1CC1. The smallest absolute Gasteiger partial charge is 0.254 e. The van der Waals surface area contributed by atoms with Crippen molar-refractivity contribution in [3.63, 3.8) is 0 Å². The lowest BCUT2D eigenvalue weighted by molar-refractivity contribution is 0.0727. The molecular weight excluding hydrogens is 352 g/mol. The molecule has 1 heterocycles. The van der Waals surface area contributed by atoms with Crippen LogP contribution < -0.4 is 0 Å². The van der Waals surface area contributed by atoms with Gasteiger partial charge in [0, 0.05) is 27.3 Å². The summed E-state index contributed by atoms with van der Waals surface area (Å²) in [5.41, 5.74) is 1.51. The Hall–Kier alpha value is -1.39. The molecule has 0 spiro atoms. The minimum Gasteiger partial charge on any atom is -0.330 e. The van der Waals surface area contributed by atoms with Crippen molar-refractivity contribution in [3.8, 4) is 0 Å². The fourth-order valence-corrected chi connectivity index (χ4v) is 3.12. The molecule has 1 aromatic carbocycles. The number of pyridine rings is 1. The number of hydrogen-bond donors (Lipinski definition) is 0. The van der Waals surface area contributed by atoms with Gasteiger partial charge in [0.05, 0.1) is 12.2 Å². The van der Waals surface area contributed by atoms with Gasteiger partial charge in [-0.25, -0.2) is 0 Å². The molecule has 1 fully saturated rings. The maximum Gasteiger partial charge on any atom is 0.254 e. The molecule has 3 rings (SSSR count). The molecule has 1 aliphatic carbocycles. The van der Waals surface area contributed by atoms with Crippen LogP contribution in [0.1, 0.15) is 28.9 Å². The van der Waals surface area contributed by atoms with E-state index in [1.807, 2.05) is 29.2 Å². The molecule has 1 saturated carbocycles. The Morgan fingerprint density at radius 1 is 1.33 bits per heavy atom. The Balaban J connectivity index is 1.85. The van der Waals surface area contributed by atoms with Crippen LogP contribution in [0.5, 0.6) is 0 Å². The number of amides is 1. The standard InChI is InChI=1S/C16H14BrClN2O/c17-12-7-11(8-13(18)9-12)16(21)20(15-4-5-15)10-14-3-1-2-6-19-14/h1-3,6-9,15H,4-5,10H2. The van der Waals surface area contributed by atoms with Gasteiger partial charge in [-0.15, -0.1) is 0 Å². The summed E-state index contributed by atoms with van der Waals surface area (Å²) < 4.78 is 0.812. The zero-order valence-electron chi connectivity index (χ0n) is 11.3. The first-order chi connectivity index (χ1) is 10.1. The molecule has 0 unspecified atom stereocenters. The summed E-state index contributed by atoms with van der Waals surface area (Å²) in [5.74, 6) is 0.00588. The highest BCUT2D eigenvalue weighted by molar-refractivity contribution is 9.10. The number of hydrogen-bond acceptors (Lipinski definition) is 2. The van der Waals surface area contributed by atoms with E-state index in [1.54, 1.807) is 18.3 Å². The van der Waals surface area contributed by atoms with Gasteiger partial charge in [-0.2, -0.15) is 0 Å². The molecule has 0 saturated heterocycles. The summed E-state index contributed by atoms with van der Waals surface area (Å²) in [6, 6.07) is 11.4. The highest BCUT2D eigenvalue weighted by atomic mass is 79.9. The minimum absolute atomic E-state index is 0.00588. The molecule has 1 amide bonds. The lowest BCUT2D eigenvalue weighted by Gasteiger charge is -2.22. The maximum atomic E-state index is 12.8. The molecule has 0 bridgehead atoms. The Labute approximate surface area is 137 Å². The number of benzene rings is 1. The van der Waals surface area contributed by atoms with Crippen LogP contribution in [-0.2, 0) is 6.54 Å². The van der Waals surface area contributed by atoms with Crippen LogP contribution in [0.3, 0.4) is 0 Å². The Morgan fingerprint density at radius 3 is 2.76 bits per heavy atom. The predicted molar refractivity (Wildman–Crippen MR) is 86.3 cm³/mol. The van der Waals surface area contributed by atoms with Gasteiger partial charge in [0.2, 0.25) is 0 Å². The number of nitrogens with zero attached hydrogens (tertiary/aromatic N) is 2. The van der Waals surface area contributed by atoms with E-state index in [9.17, 15) is 4.79 Å².